The molecule has 0 unspecified atom stereocenters. The Morgan fingerprint density at radius 2 is 2.07 bits per heavy atom. The molecule has 0 saturated heterocycles. The maximum atomic E-state index is 12.7. The first kappa shape index (κ1) is 18.3. The van der Waals surface area contributed by atoms with E-state index in [1.54, 1.807) is 17.7 Å². The molecule has 0 bridgehead atoms. The van der Waals surface area contributed by atoms with E-state index in [-0.39, 0.29) is 11.1 Å². The van der Waals surface area contributed by atoms with Gasteiger partial charge in [0, 0.05) is 36.2 Å². The number of fused-ring (bicyclic) bond motifs is 1. The van der Waals surface area contributed by atoms with E-state index in [1.807, 2.05) is 42.5 Å². The number of thioether (sulfide) groups is 1. The zero-order chi connectivity index (χ0) is 19.5. The number of aromatic nitrogens is 2. The predicted octanol–water partition coefficient (Wildman–Crippen LogP) is 3.20. The zero-order valence-electron chi connectivity index (χ0n) is 15.3. The molecule has 1 aliphatic rings. The molecule has 0 saturated carbocycles. The van der Waals surface area contributed by atoms with Gasteiger partial charge in [-0.3, -0.25) is 14.2 Å². The van der Waals surface area contributed by atoms with Crippen LogP contribution in [0, 0.1) is 0 Å². The first-order valence-corrected chi connectivity index (χ1v) is 9.89. The highest BCUT2D eigenvalue weighted by atomic mass is 32.2. The Morgan fingerprint density at radius 1 is 1.25 bits per heavy atom. The second-order valence-electron chi connectivity index (χ2n) is 6.40. The maximum absolute atomic E-state index is 12.7. The van der Waals surface area contributed by atoms with Crippen LogP contribution in [0.15, 0.2) is 64.7 Å². The first-order valence-electron chi connectivity index (χ1n) is 8.90. The Hall–Kier alpha value is -3.06. The maximum Gasteiger partial charge on any atom is 0.267 e. The fraction of sp³-hybridized carbons (Fsp3) is 0.190. The molecule has 0 fully saturated rings. The number of anilines is 1. The fourth-order valence-corrected chi connectivity index (χ4v) is 4.10. The lowest BCUT2D eigenvalue weighted by Crippen LogP contribution is -2.29. The van der Waals surface area contributed by atoms with Gasteiger partial charge in [-0.05, 0) is 23.8 Å². The van der Waals surface area contributed by atoms with Crippen molar-refractivity contribution in [2.45, 2.75) is 18.1 Å². The van der Waals surface area contributed by atoms with Crippen LogP contribution in [0.4, 0.5) is 5.69 Å². The Morgan fingerprint density at radius 3 is 2.86 bits per heavy atom. The van der Waals surface area contributed by atoms with Gasteiger partial charge in [0.25, 0.3) is 11.5 Å². The van der Waals surface area contributed by atoms with Gasteiger partial charge in [0.05, 0.1) is 7.11 Å². The standard InChI is InChI=1S/C21H19N3O3S/c1-27-18-8-7-16(12-15(18)11-14-5-3-2-4-6-14)23-19(25)17-13-22-21-24(20(17)26)9-10-28-21/h2-8,12-13H,9-11H2,1H3,(H,23,25). The van der Waals surface area contributed by atoms with Gasteiger partial charge < -0.3 is 10.1 Å². The second-order valence-corrected chi connectivity index (χ2v) is 7.46. The number of ether oxygens (including phenoxy) is 1. The highest BCUT2D eigenvalue weighted by molar-refractivity contribution is 7.99. The van der Waals surface area contributed by atoms with Gasteiger partial charge in [-0.1, -0.05) is 42.1 Å². The molecule has 3 aromatic rings. The fourth-order valence-electron chi connectivity index (χ4n) is 3.18. The van der Waals surface area contributed by atoms with E-state index in [9.17, 15) is 9.59 Å². The van der Waals surface area contributed by atoms with Crippen LogP contribution in [0.2, 0.25) is 0 Å². The summed E-state index contributed by atoms with van der Waals surface area (Å²) in [6, 6.07) is 15.5. The highest BCUT2D eigenvalue weighted by Gasteiger charge is 2.20. The monoisotopic (exact) mass is 393 g/mol. The molecular formula is C21H19N3O3S. The van der Waals surface area contributed by atoms with Crippen molar-refractivity contribution in [1.29, 1.82) is 0 Å². The van der Waals surface area contributed by atoms with Crippen molar-refractivity contribution in [2.24, 2.45) is 0 Å². The molecule has 1 N–H and O–H groups in total. The summed E-state index contributed by atoms with van der Waals surface area (Å²) in [6.45, 7) is 0.580. The van der Waals surface area contributed by atoms with E-state index in [1.165, 1.54) is 18.0 Å². The summed E-state index contributed by atoms with van der Waals surface area (Å²) in [5.41, 5.74) is 2.45. The normalized spacial score (nSPS) is 12.5. The second kappa shape index (κ2) is 7.90. The Balaban J connectivity index is 1.59. The molecule has 2 heterocycles. The van der Waals surface area contributed by atoms with E-state index < -0.39 is 5.91 Å². The predicted molar refractivity (Wildman–Crippen MR) is 109 cm³/mol. The van der Waals surface area contributed by atoms with Crippen LogP contribution in [0.3, 0.4) is 0 Å². The van der Waals surface area contributed by atoms with E-state index >= 15 is 0 Å². The Bertz CT molecular complexity index is 1080. The van der Waals surface area contributed by atoms with Crippen LogP contribution in [-0.4, -0.2) is 28.3 Å². The minimum absolute atomic E-state index is 0.0478. The van der Waals surface area contributed by atoms with Gasteiger partial charge in [-0.15, -0.1) is 0 Å². The zero-order valence-corrected chi connectivity index (χ0v) is 16.2. The average Bonchev–Trinajstić information content (AvgIpc) is 3.19. The summed E-state index contributed by atoms with van der Waals surface area (Å²) >= 11 is 1.52. The van der Waals surface area contributed by atoms with Crippen molar-refractivity contribution in [3.05, 3.63) is 81.8 Å². The van der Waals surface area contributed by atoms with Gasteiger partial charge in [0.2, 0.25) is 0 Å². The summed E-state index contributed by atoms with van der Waals surface area (Å²) in [7, 11) is 1.62. The van der Waals surface area contributed by atoms with Crippen LogP contribution in [0.5, 0.6) is 5.75 Å². The van der Waals surface area contributed by atoms with Crippen molar-refractivity contribution in [1.82, 2.24) is 9.55 Å². The number of carbonyl (C=O) groups is 1. The molecule has 1 amide bonds. The number of amides is 1. The number of hydrogen-bond donors (Lipinski definition) is 1. The number of rotatable bonds is 5. The van der Waals surface area contributed by atoms with Crippen molar-refractivity contribution in [3.63, 3.8) is 0 Å². The summed E-state index contributed by atoms with van der Waals surface area (Å²) in [5, 5.41) is 3.48. The minimum Gasteiger partial charge on any atom is -0.496 e. The van der Waals surface area contributed by atoms with Gasteiger partial charge in [0.15, 0.2) is 5.16 Å². The van der Waals surface area contributed by atoms with E-state index in [4.69, 9.17) is 4.74 Å². The number of nitrogens with zero attached hydrogens (tertiary/aromatic N) is 2. The highest BCUT2D eigenvalue weighted by Crippen LogP contribution is 2.26. The van der Waals surface area contributed by atoms with Gasteiger partial charge in [-0.25, -0.2) is 4.98 Å². The molecule has 2 aromatic carbocycles. The number of carbonyl (C=O) groups excluding carboxylic acids is 1. The van der Waals surface area contributed by atoms with Gasteiger partial charge >= 0.3 is 0 Å². The third kappa shape index (κ3) is 3.66. The molecule has 6 nitrogen and oxygen atoms in total. The third-order valence-electron chi connectivity index (χ3n) is 4.58. The molecule has 0 radical (unpaired) electrons. The van der Waals surface area contributed by atoms with Crippen molar-refractivity contribution < 1.29 is 9.53 Å². The molecule has 1 aromatic heterocycles. The van der Waals surface area contributed by atoms with E-state index in [0.29, 0.717) is 23.8 Å². The van der Waals surface area contributed by atoms with Crippen LogP contribution in [-0.2, 0) is 13.0 Å². The molecule has 7 heteroatoms. The summed E-state index contributed by atoms with van der Waals surface area (Å²) in [4.78, 5) is 29.4. The first-order chi connectivity index (χ1) is 13.7. The van der Waals surface area contributed by atoms with Crippen LogP contribution in [0.1, 0.15) is 21.5 Å². The molecular weight excluding hydrogens is 374 g/mol. The lowest BCUT2D eigenvalue weighted by Gasteiger charge is -2.12. The summed E-state index contributed by atoms with van der Waals surface area (Å²) < 4.78 is 7.00. The quantitative estimate of drug-likeness (QED) is 0.674. The molecule has 28 heavy (non-hydrogen) atoms. The van der Waals surface area contributed by atoms with Crippen LogP contribution in [0.25, 0.3) is 0 Å². The van der Waals surface area contributed by atoms with Crippen molar-refractivity contribution >= 4 is 23.4 Å². The summed E-state index contributed by atoms with van der Waals surface area (Å²) in [5.74, 6) is 1.09. The molecule has 0 atom stereocenters. The van der Waals surface area contributed by atoms with E-state index in [0.717, 1.165) is 22.6 Å². The molecule has 1 aliphatic heterocycles. The Kier molecular flexibility index (Phi) is 5.16. The largest absolute Gasteiger partial charge is 0.496 e. The lowest BCUT2D eigenvalue weighted by atomic mass is 10.0. The van der Waals surface area contributed by atoms with Gasteiger partial charge in [0.1, 0.15) is 11.3 Å². The number of hydrogen-bond acceptors (Lipinski definition) is 5. The number of nitrogens with one attached hydrogen (secondary N) is 1. The average molecular weight is 393 g/mol. The Labute approximate surface area is 166 Å². The van der Waals surface area contributed by atoms with Crippen LogP contribution < -0.4 is 15.6 Å². The van der Waals surface area contributed by atoms with Crippen LogP contribution >= 0.6 is 11.8 Å². The topological polar surface area (TPSA) is 73.2 Å². The van der Waals surface area contributed by atoms with E-state index in [2.05, 4.69) is 10.3 Å². The minimum atomic E-state index is -0.458. The SMILES string of the molecule is COc1ccc(NC(=O)c2cnc3n(c2=O)CCS3)cc1Cc1ccccc1. The van der Waals surface area contributed by atoms with Crippen molar-refractivity contribution in [3.8, 4) is 5.75 Å². The third-order valence-corrected chi connectivity index (χ3v) is 5.55. The molecule has 0 aliphatic carbocycles. The molecule has 0 spiro atoms. The summed E-state index contributed by atoms with van der Waals surface area (Å²) in [6.07, 6.45) is 2.03. The lowest BCUT2D eigenvalue weighted by molar-refractivity contribution is 0.102. The molecule has 4 rings (SSSR count). The molecule has 142 valence electrons. The number of methoxy groups -OCH3 is 1. The van der Waals surface area contributed by atoms with Crippen molar-refractivity contribution in [2.75, 3.05) is 18.2 Å². The van der Waals surface area contributed by atoms with Gasteiger partial charge in [-0.2, -0.15) is 0 Å². The smallest absolute Gasteiger partial charge is 0.267 e. The number of benzene rings is 2.